The SMILES string of the molecule is COc1ccc(CC(NN)c2cc(C)ccc2F)cc1. The zero-order valence-corrected chi connectivity index (χ0v) is 11.7. The summed E-state index contributed by atoms with van der Waals surface area (Å²) in [6, 6.07) is 12.5. The Bertz CT molecular complexity index is 569. The lowest BCUT2D eigenvalue weighted by atomic mass is 9.97. The van der Waals surface area contributed by atoms with Gasteiger partial charge in [-0.15, -0.1) is 0 Å². The van der Waals surface area contributed by atoms with Crippen LogP contribution in [0.5, 0.6) is 5.75 Å². The predicted molar refractivity (Wildman–Crippen MR) is 77.9 cm³/mol. The maximum Gasteiger partial charge on any atom is 0.128 e. The molecular formula is C16H19FN2O. The molecule has 3 nitrogen and oxygen atoms in total. The van der Waals surface area contributed by atoms with Crippen molar-refractivity contribution in [3.63, 3.8) is 0 Å². The molecule has 106 valence electrons. The Balaban J connectivity index is 2.21. The molecular weight excluding hydrogens is 255 g/mol. The first-order valence-electron chi connectivity index (χ1n) is 6.49. The van der Waals surface area contributed by atoms with Crippen molar-refractivity contribution in [2.45, 2.75) is 19.4 Å². The van der Waals surface area contributed by atoms with E-state index in [0.717, 1.165) is 16.9 Å². The maximum atomic E-state index is 13.9. The fourth-order valence-electron chi connectivity index (χ4n) is 2.19. The summed E-state index contributed by atoms with van der Waals surface area (Å²) < 4.78 is 19.0. The number of hydrazine groups is 1. The number of hydrogen-bond acceptors (Lipinski definition) is 3. The smallest absolute Gasteiger partial charge is 0.128 e. The van der Waals surface area contributed by atoms with Crippen molar-refractivity contribution < 1.29 is 9.13 Å². The summed E-state index contributed by atoms with van der Waals surface area (Å²) in [4.78, 5) is 0. The molecule has 1 unspecified atom stereocenters. The zero-order valence-electron chi connectivity index (χ0n) is 11.7. The Labute approximate surface area is 118 Å². The number of rotatable bonds is 5. The number of halogens is 1. The van der Waals surface area contributed by atoms with Gasteiger partial charge in [0.1, 0.15) is 11.6 Å². The second kappa shape index (κ2) is 6.50. The van der Waals surface area contributed by atoms with Crippen molar-refractivity contribution in [2.24, 2.45) is 5.84 Å². The molecule has 0 radical (unpaired) electrons. The maximum absolute atomic E-state index is 13.9. The van der Waals surface area contributed by atoms with Gasteiger partial charge >= 0.3 is 0 Å². The van der Waals surface area contributed by atoms with Crippen LogP contribution in [0.1, 0.15) is 22.7 Å². The van der Waals surface area contributed by atoms with Gasteiger partial charge in [-0.3, -0.25) is 11.3 Å². The fraction of sp³-hybridized carbons (Fsp3) is 0.250. The van der Waals surface area contributed by atoms with Gasteiger partial charge in [-0.1, -0.05) is 29.8 Å². The third-order valence-electron chi connectivity index (χ3n) is 3.33. The minimum absolute atomic E-state index is 0.243. The van der Waals surface area contributed by atoms with Gasteiger partial charge in [0.2, 0.25) is 0 Å². The molecule has 2 aromatic rings. The van der Waals surface area contributed by atoms with E-state index in [-0.39, 0.29) is 11.9 Å². The Morgan fingerprint density at radius 2 is 1.90 bits per heavy atom. The van der Waals surface area contributed by atoms with E-state index in [2.05, 4.69) is 5.43 Å². The summed E-state index contributed by atoms with van der Waals surface area (Å²) in [7, 11) is 1.63. The largest absolute Gasteiger partial charge is 0.497 e. The number of aryl methyl sites for hydroxylation is 1. The Morgan fingerprint density at radius 1 is 1.20 bits per heavy atom. The summed E-state index contributed by atoms with van der Waals surface area (Å²) in [6.45, 7) is 1.93. The molecule has 0 saturated carbocycles. The summed E-state index contributed by atoms with van der Waals surface area (Å²) in [5.41, 5.74) is 5.35. The van der Waals surface area contributed by atoms with Gasteiger partial charge in [0.15, 0.2) is 0 Å². The highest BCUT2D eigenvalue weighted by molar-refractivity contribution is 5.31. The summed E-state index contributed by atoms with van der Waals surface area (Å²) in [5.74, 6) is 6.14. The van der Waals surface area contributed by atoms with E-state index in [1.807, 2.05) is 37.3 Å². The fourth-order valence-corrected chi connectivity index (χ4v) is 2.19. The highest BCUT2D eigenvalue weighted by atomic mass is 19.1. The minimum Gasteiger partial charge on any atom is -0.497 e. The average Bonchev–Trinajstić information content (AvgIpc) is 2.48. The van der Waals surface area contributed by atoms with Crippen LogP contribution in [0.25, 0.3) is 0 Å². The highest BCUT2D eigenvalue weighted by Crippen LogP contribution is 2.23. The molecule has 4 heteroatoms. The van der Waals surface area contributed by atoms with E-state index >= 15 is 0 Å². The Morgan fingerprint density at radius 3 is 2.50 bits per heavy atom. The van der Waals surface area contributed by atoms with Crippen LogP contribution in [-0.4, -0.2) is 7.11 Å². The van der Waals surface area contributed by atoms with Crippen LogP contribution in [0.3, 0.4) is 0 Å². The van der Waals surface area contributed by atoms with Crippen LogP contribution in [0.4, 0.5) is 4.39 Å². The number of ether oxygens (including phenoxy) is 1. The van der Waals surface area contributed by atoms with Gasteiger partial charge < -0.3 is 4.74 Å². The zero-order chi connectivity index (χ0) is 14.5. The van der Waals surface area contributed by atoms with Crippen molar-refractivity contribution in [1.29, 1.82) is 0 Å². The lowest BCUT2D eigenvalue weighted by molar-refractivity contribution is 0.414. The molecule has 0 bridgehead atoms. The second-order valence-corrected chi connectivity index (χ2v) is 4.80. The van der Waals surface area contributed by atoms with E-state index < -0.39 is 0 Å². The third kappa shape index (κ3) is 3.35. The van der Waals surface area contributed by atoms with E-state index in [1.54, 1.807) is 13.2 Å². The first-order chi connectivity index (χ1) is 9.63. The number of hydrogen-bond donors (Lipinski definition) is 2. The van der Waals surface area contributed by atoms with Gasteiger partial charge in [-0.2, -0.15) is 0 Å². The summed E-state index contributed by atoms with van der Waals surface area (Å²) in [5, 5.41) is 0. The van der Waals surface area contributed by atoms with E-state index in [4.69, 9.17) is 10.6 Å². The minimum atomic E-state index is -0.261. The van der Waals surface area contributed by atoms with Crippen molar-refractivity contribution in [3.8, 4) is 5.75 Å². The predicted octanol–water partition coefficient (Wildman–Crippen LogP) is 2.89. The number of nitrogens with two attached hydrogens (primary N) is 1. The number of benzene rings is 2. The average molecular weight is 274 g/mol. The molecule has 2 aromatic carbocycles. The van der Waals surface area contributed by atoms with Crippen LogP contribution in [0.2, 0.25) is 0 Å². The lowest BCUT2D eigenvalue weighted by Gasteiger charge is -2.18. The van der Waals surface area contributed by atoms with Crippen LogP contribution in [0.15, 0.2) is 42.5 Å². The molecule has 3 N–H and O–H groups in total. The quantitative estimate of drug-likeness (QED) is 0.651. The third-order valence-corrected chi connectivity index (χ3v) is 3.33. The topological polar surface area (TPSA) is 47.3 Å². The molecule has 1 atom stereocenters. The molecule has 0 saturated heterocycles. The number of nitrogens with one attached hydrogen (secondary N) is 1. The van der Waals surface area contributed by atoms with Crippen molar-refractivity contribution in [1.82, 2.24) is 5.43 Å². The van der Waals surface area contributed by atoms with Gasteiger partial charge in [0.25, 0.3) is 0 Å². The number of methoxy groups -OCH3 is 1. The lowest BCUT2D eigenvalue weighted by Crippen LogP contribution is -2.30. The van der Waals surface area contributed by atoms with Crippen LogP contribution >= 0.6 is 0 Å². The molecule has 0 aliphatic heterocycles. The van der Waals surface area contributed by atoms with E-state index in [1.165, 1.54) is 6.07 Å². The molecule has 0 heterocycles. The summed E-state index contributed by atoms with van der Waals surface area (Å²) in [6.07, 6.45) is 0.612. The first-order valence-corrected chi connectivity index (χ1v) is 6.49. The van der Waals surface area contributed by atoms with E-state index in [9.17, 15) is 4.39 Å². The molecule has 0 spiro atoms. The standard InChI is InChI=1S/C16H19FN2O/c1-11-3-8-15(17)14(9-11)16(19-18)10-12-4-6-13(20-2)7-5-12/h3-9,16,19H,10,18H2,1-2H3. The molecule has 2 rings (SSSR count). The Hall–Kier alpha value is -1.91. The van der Waals surface area contributed by atoms with Crippen LogP contribution in [-0.2, 0) is 6.42 Å². The van der Waals surface area contributed by atoms with Gasteiger partial charge in [0.05, 0.1) is 13.2 Å². The normalized spacial score (nSPS) is 12.2. The Kier molecular flexibility index (Phi) is 4.71. The molecule has 0 amide bonds. The molecule has 0 aliphatic carbocycles. The molecule has 0 aliphatic rings. The molecule has 0 aromatic heterocycles. The van der Waals surface area contributed by atoms with Gasteiger partial charge in [0, 0.05) is 5.56 Å². The van der Waals surface area contributed by atoms with Crippen molar-refractivity contribution in [3.05, 3.63) is 65.0 Å². The monoisotopic (exact) mass is 274 g/mol. The second-order valence-electron chi connectivity index (χ2n) is 4.80. The van der Waals surface area contributed by atoms with Crippen molar-refractivity contribution >= 4 is 0 Å². The van der Waals surface area contributed by atoms with Gasteiger partial charge in [-0.25, -0.2) is 4.39 Å². The first kappa shape index (κ1) is 14.5. The molecule has 0 fully saturated rings. The van der Waals surface area contributed by atoms with E-state index in [0.29, 0.717) is 12.0 Å². The summed E-state index contributed by atoms with van der Waals surface area (Å²) >= 11 is 0. The van der Waals surface area contributed by atoms with Crippen LogP contribution in [0, 0.1) is 12.7 Å². The van der Waals surface area contributed by atoms with Crippen molar-refractivity contribution in [2.75, 3.05) is 7.11 Å². The highest BCUT2D eigenvalue weighted by Gasteiger charge is 2.15. The van der Waals surface area contributed by atoms with Crippen LogP contribution < -0.4 is 16.0 Å². The van der Waals surface area contributed by atoms with Gasteiger partial charge in [-0.05, 0) is 37.1 Å². The molecule has 20 heavy (non-hydrogen) atoms.